The molecule has 23 heavy (non-hydrogen) atoms. The molecule has 0 atom stereocenters. The number of benzene rings is 2. The SMILES string of the molecule is O=C(NC1CC1)c1cc([N+](=O)[O-])ccc1Sc1ccc(Cl)cc1. The number of amides is 1. The number of nitrogens with zero attached hydrogens (tertiary/aromatic N) is 1. The molecule has 1 amide bonds. The van der Waals surface area contributed by atoms with E-state index < -0.39 is 4.92 Å². The third kappa shape index (κ3) is 4.03. The average Bonchev–Trinajstić information content (AvgIpc) is 3.33. The molecule has 3 rings (SSSR count). The van der Waals surface area contributed by atoms with Crippen molar-refractivity contribution in [3.63, 3.8) is 0 Å². The summed E-state index contributed by atoms with van der Waals surface area (Å²) in [4.78, 5) is 24.4. The zero-order valence-electron chi connectivity index (χ0n) is 12.0. The van der Waals surface area contributed by atoms with Crippen LogP contribution in [0.1, 0.15) is 23.2 Å². The van der Waals surface area contributed by atoms with Crippen molar-refractivity contribution in [3.8, 4) is 0 Å². The highest BCUT2D eigenvalue weighted by Gasteiger charge is 2.26. The van der Waals surface area contributed by atoms with Crippen molar-refractivity contribution in [2.24, 2.45) is 0 Å². The van der Waals surface area contributed by atoms with Crippen LogP contribution in [0.5, 0.6) is 0 Å². The van der Waals surface area contributed by atoms with Gasteiger partial charge in [-0.05, 0) is 43.2 Å². The van der Waals surface area contributed by atoms with Crippen molar-refractivity contribution < 1.29 is 9.72 Å². The monoisotopic (exact) mass is 348 g/mol. The third-order valence-electron chi connectivity index (χ3n) is 3.37. The van der Waals surface area contributed by atoms with Crippen molar-refractivity contribution >= 4 is 35.0 Å². The second-order valence-electron chi connectivity index (χ2n) is 5.24. The first-order valence-corrected chi connectivity index (χ1v) is 8.25. The van der Waals surface area contributed by atoms with Crippen LogP contribution in [0.3, 0.4) is 0 Å². The van der Waals surface area contributed by atoms with Gasteiger partial charge in [0, 0.05) is 33.0 Å². The van der Waals surface area contributed by atoms with Gasteiger partial charge < -0.3 is 5.32 Å². The van der Waals surface area contributed by atoms with Gasteiger partial charge >= 0.3 is 0 Å². The fraction of sp³-hybridized carbons (Fsp3) is 0.188. The molecule has 0 spiro atoms. The number of carbonyl (C=O) groups excluding carboxylic acids is 1. The highest BCUT2D eigenvalue weighted by Crippen LogP contribution is 2.33. The Morgan fingerprint density at radius 2 is 1.91 bits per heavy atom. The maximum Gasteiger partial charge on any atom is 0.270 e. The Kier molecular flexibility index (Phi) is 4.54. The van der Waals surface area contributed by atoms with E-state index in [-0.39, 0.29) is 17.6 Å². The van der Waals surface area contributed by atoms with E-state index in [1.165, 1.54) is 23.9 Å². The van der Waals surface area contributed by atoms with Crippen molar-refractivity contribution in [2.45, 2.75) is 28.7 Å². The van der Waals surface area contributed by atoms with Gasteiger partial charge in [-0.15, -0.1) is 0 Å². The lowest BCUT2D eigenvalue weighted by atomic mass is 10.2. The number of rotatable bonds is 5. The number of nitro benzene ring substituents is 1. The second-order valence-corrected chi connectivity index (χ2v) is 6.79. The molecule has 2 aromatic rings. The zero-order valence-corrected chi connectivity index (χ0v) is 13.6. The van der Waals surface area contributed by atoms with Crippen molar-refractivity contribution in [3.05, 3.63) is 63.2 Å². The Morgan fingerprint density at radius 1 is 1.22 bits per heavy atom. The standard InChI is InChI=1S/C16H13ClN2O3S/c17-10-1-6-13(7-2-10)23-15-8-5-12(19(21)22)9-14(15)16(20)18-11-3-4-11/h1-2,5-9,11H,3-4H2,(H,18,20). The lowest BCUT2D eigenvalue weighted by Crippen LogP contribution is -2.26. The number of nitrogens with one attached hydrogen (secondary N) is 1. The minimum absolute atomic E-state index is 0.0913. The first-order chi connectivity index (χ1) is 11.0. The molecule has 1 N–H and O–H groups in total. The maximum absolute atomic E-state index is 12.4. The van der Waals surface area contributed by atoms with E-state index in [9.17, 15) is 14.9 Å². The van der Waals surface area contributed by atoms with Gasteiger partial charge in [0.1, 0.15) is 0 Å². The number of hydrogen-bond donors (Lipinski definition) is 1. The molecule has 0 saturated heterocycles. The molecule has 0 heterocycles. The van der Waals surface area contributed by atoms with E-state index in [0.29, 0.717) is 15.5 Å². The first kappa shape index (κ1) is 15.8. The molecule has 1 aliphatic carbocycles. The smallest absolute Gasteiger partial charge is 0.270 e. The molecule has 7 heteroatoms. The van der Waals surface area contributed by atoms with Gasteiger partial charge in [-0.2, -0.15) is 0 Å². The minimum atomic E-state index is -0.495. The number of carbonyl (C=O) groups is 1. The van der Waals surface area contributed by atoms with E-state index in [0.717, 1.165) is 17.7 Å². The Balaban J connectivity index is 1.91. The third-order valence-corrected chi connectivity index (χ3v) is 4.71. The molecule has 2 aromatic carbocycles. The van der Waals surface area contributed by atoms with E-state index in [4.69, 9.17) is 11.6 Å². The molecule has 1 fully saturated rings. The van der Waals surface area contributed by atoms with Crippen LogP contribution in [-0.4, -0.2) is 16.9 Å². The van der Waals surface area contributed by atoms with Crippen LogP contribution in [0, 0.1) is 10.1 Å². The van der Waals surface area contributed by atoms with Gasteiger partial charge in [-0.25, -0.2) is 0 Å². The summed E-state index contributed by atoms with van der Waals surface area (Å²) in [6.45, 7) is 0. The zero-order chi connectivity index (χ0) is 16.4. The van der Waals surface area contributed by atoms with Crippen LogP contribution < -0.4 is 5.32 Å². The summed E-state index contributed by atoms with van der Waals surface area (Å²) < 4.78 is 0. The van der Waals surface area contributed by atoms with Crippen LogP contribution >= 0.6 is 23.4 Å². The molecule has 118 valence electrons. The van der Waals surface area contributed by atoms with Crippen LogP contribution in [0.25, 0.3) is 0 Å². The van der Waals surface area contributed by atoms with Gasteiger partial charge in [0.15, 0.2) is 0 Å². The van der Waals surface area contributed by atoms with E-state index in [2.05, 4.69) is 5.32 Å². The number of hydrogen-bond acceptors (Lipinski definition) is 4. The van der Waals surface area contributed by atoms with E-state index in [1.807, 2.05) is 12.1 Å². The first-order valence-electron chi connectivity index (χ1n) is 7.05. The lowest BCUT2D eigenvalue weighted by molar-refractivity contribution is -0.384. The van der Waals surface area contributed by atoms with E-state index >= 15 is 0 Å². The number of halogens is 1. The van der Waals surface area contributed by atoms with Gasteiger partial charge in [0.25, 0.3) is 11.6 Å². The highest BCUT2D eigenvalue weighted by molar-refractivity contribution is 7.99. The molecule has 0 bridgehead atoms. The summed E-state index contributed by atoms with van der Waals surface area (Å²) in [5, 5.41) is 14.5. The fourth-order valence-electron chi connectivity index (χ4n) is 2.02. The van der Waals surface area contributed by atoms with Crippen LogP contribution in [0.2, 0.25) is 5.02 Å². The molecule has 1 aliphatic rings. The summed E-state index contributed by atoms with van der Waals surface area (Å²) in [7, 11) is 0. The maximum atomic E-state index is 12.4. The largest absolute Gasteiger partial charge is 0.349 e. The summed E-state index contributed by atoms with van der Waals surface area (Å²) in [6.07, 6.45) is 1.92. The van der Waals surface area contributed by atoms with Crippen molar-refractivity contribution in [1.82, 2.24) is 5.32 Å². The van der Waals surface area contributed by atoms with Gasteiger partial charge in [0.05, 0.1) is 10.5 Å². The number of non-ortho nitro benzene ring substituents is 1. The molecule has 0 radical (unpaired) electrons. The summed E-state index contributed by atoms with van der Waals surface area (Å²) >= 11 is 7.24. The molecular weight excluding hydrogens is 336 g/mol. The van der Waals surface area contributed by atoms with Crippen LogP contribution in [0.15, 0.2) is 52.3 Å². The van der Waals surface area contributed by atoms with Crippen molar-refractivity contribution in [1.29, 1.82) is 0 Å². The second kappa shape index (κ2) is 6.60. The van der Waals surface area contributed by atoms with Crippen LogP contribution in [0.4, 0.5) is 5.69 Å². The Labute approximate surface area is 142 Å². The highest BCUT2D eigenvalue weighted by atomic mass is 35.5. The molecule has 5 nitrogen and oxygen atoms in total. The topological polar surface area (TPSA) is 72.2 Å². The predicted molar refractivity (Wildman–Crippen MR) is 89.2 cm³/mol. The Morgan fingerprint density at radius 3 is 2.52 bits per heavy atom. The molecule has 1 saturated carbocycles. The minimum Gasteiger partial charge on any atom is -0.349 e. The van der Waals surface area contributed by atoms with Gasteiger partial charge in [0.2, 0.25) is 0 Å². The summed E-state index contributed by atoms with van der Waals surface area (Å²) in [6, 6.07) is 11.8. The lowest BCUT2D eigenvalue weighted by Gasteiger charge is -2.09. The summed E-state index contributed by atoms with van der Waals surface area (Å²) in [5.74, 6) is -0.271. The Hall–Kier alpha value is -2.05. The quantitative estimate of drug-likeness (QED) is 0.646. The average molecular weight is 349 g/mol. The predicted octanol–water partition coefficient (Wildman–Crippen LogP) is 4.29. The fourth-order valence-corrected chi connectivity index (χ4v) is 3.07. The molecule has 0 aromatic heterocycles. The summed E-state index contributed by atoms with van der Waals surface area (Å²) in [5.41, 5.74) is 0.234. The van der Waals surface area contributed by atoms with Gasteiger partial charge in [-0.3, -0.25) is 14.9 Å². The number of nitro groups is 1. The van der Waals surface area contributed by atoms with Crippen molar-refractivity contribution in [2.75, 3.05) is 0 Å². The molecule has 0 aliphatic heterocycles. The van der Waals surface area contributed by atoms with Gasteiger partial charge in [-0.1, -0.05) is 23.4 Å². The normalized spacial score (nSPS) is 13.6. The van der Waals surface area contributed by atoms with Crippen LogP contribution in [-0.2, 0) is 0 Å². The molecule has 0 unspecified atom stereocenters. The molecular formula is C16H13ClN2O3S. The van der Waals surface area contributed by atoms with E-state index in [1.54, 1.807) is 18.2 Å². The Bertz CT molecular complexity index is 760.